The Morgan fingerprint density at radius 1 is 1.03 bits per heavy atom. The van der Waals surface area contributed by atoms with Gasteiger partial charge in [0.2, 0.25) is 12.2 Å². The lowest BCUT2D eigenvalue weighted by Gasteiger charge is -2.50. The second-order valence-electron chi connectivity index (χ2n) is 18.4. The summed E-state index contributed by atoms with van der Waals surface area (Å²) in [7, 11) is -3.18. The number of carbonyl (C=O) groups is 5. The number of esters is 1. The quantitative estimate of drug-likeness (QED) is 0.0419. The molecule has 1 aromatic carbocycles. The molecule has 346 valence electrons. The van der Waals surface area contributed by atoms with E-state index >= 15 is 0 Å². The maximum atomic E-state index is 13.9. The first-order chi connectivity index (χ1) is 28.9. The normalized spacial score (nSPS) is 18.7. The fourth-order valence-electron chi connectivity index (χ4n) is 6.43. The number of oxime groups is 1. The van der Waals surface area contributed by atoms with Crippen LogP contribution in [0.1, 0.15) is 94.3 Å². The molecule has 63 heavy (non-hydrogen) atoms. The van der Waals surface area contributed by atoms with Crippen molar-refractivity contribution in [3.63, 3.8) is 0 Å². The highest BCUT2D eigenvalue weighted by Gasteiger charge is 2.58. The van der Waals surface area contributed by atoms with Gasteiger partial charge in [-0.1, -0.05) is 5.16 Å². The Morgan fingerprint density at radius 2 is 1.68 bits per heavy atom. The van der Waals surface area contributed by atoms with E-state index in [1.54, 1.807) is 58.6 Å². The van der Waals surface area contributed by atoms with Crippen molar-refractivity contribution in [1.29, 1.82) is 0 Å². The molecule has 0 aliphatic carbocycles. The molecule has 4 heterocycles. The Bertz CT molecular complexity index is 2390. The fraction of sp³-hybridized carbons (Fsp3) is 0.590. The van der Waals surface area contributed by atoms with Crippen LogP contribution in [0.4, 0.5) is 14.7 Å². The van der Waals surface area contributed by atoms with Crippen LogP contribution in [0, 0.1) is 0 Å². The van der Waals surface area contributed by atoms with Gasteiger partial charge in [-0.3, -0.25) is 19.5 Å². The van der Waals surface area contributed by atoms with Crippen LogP contribution in [0.5, 0.6) is 5.75 Å². The van der Waals surface area contributed by atoms with E-state index in [0.717, 1.165) is 22.2 Å². The van der Waals surface area contributed by atoms with E-state index in [1.165, 1.54) is 19.2 Å². The summed E-state index contributed by atoms with van der Waals surface area (Å²) < 4.78 is 62.8. The Hall–Kier alpha value is -5.59. The van der Waals surface area contributed by atoms with Crippen LogP contribution >= 0.6 is 11.3 Å². The van der Waals surface area contributed by atoms with Gasteiger partial charge in [0, 0.05) is 18.3 Å². The number of aromatic nitrogens is 3. The second kappa shape index (κ2) is 17.9. The third-order valence-electron chi connectivity index (χ3n) is 9.19. The molecule has 3 atom stereocenters. The van der Waals surface area contributed by atoms with E-state index in [0.29, 0.717) is 30.3 Å². The predicted octanol–water partition coefficient (Wildman–Crippen LogP) is 3.80. The third-order valence-corrected chi connectivity index (χ3v) is 10.3. The molecule has 22 nitrogen and oxygen atoms in total. The molecule has 5 rings (SSSR count). The Labute approximate surface area is 368 Å². The number of benzene rings is 1. The lowest BCUT2D eigenvalue weighted by molar-refractivity contribution is -0.790. The minimum absolute atomic E-state index is 0.00882. The third kappa shape index (κ3) is 12.5. The number of amides is 4. The number of ether oxygens (including phenoxy) is 4. The zero-order valence-electron chi connectivity index (χ0n) is 37.2. The molecule has 3 aromatic rings. The largest absolute Gasteiger partial charge is 0.489 e. The monoisotopic (exact) mass is 923 g/mol. The SMILES string of the molecule is Cn1c2ccc(OCC(ON=C(C(=O)NC3C(=O)N(OS(=O)(=O)O)C3(C)C)c3csc(NC(=O)OC(C)(C)C)n3)C(=O)OC(C)(C)C)cc2c[n+]1C1CCN(C(=O)OC(C)(C)C)C1. The molecule has 0 radical (unpaired) electrons. The zero-order chi connectivity index (χ0) is 47.0. The fourth-order valence-corrected chi connectivity index (χ4v) is 7.56. The maximum Gasteiger partial charge on any atom is 0.418 e. The Morgan fingerprint density at radius 3 is 2.29 bits per heavy atom. The highest BCUT2D eigenvalue weighted by atomic mass is 32.3. The van der Waals surface area contributed by atoms with Crippen molar-refractivity contribution in [3.8, 4) is 5.75 Å². The number of fused-ring (bicyclic) bond motifs is 1. The first-order valence-corrected chi connectivity index (χ1v) is 22.0. The van der Waals surface area contributed by atoms with Crippen LogP contribution in [-0.2, 0) is 55.2 Å². The average molecular weight is 924 g/mol. The molecule has 4 amide bonds. The molecule has 0 bridgehead atoms. The molecule has 2 aliphatic heterocycles. The van der Waals surface area contributed by atoms with E-state index < -0.39 is 81.1 Å². The van der Waals surface area contributed by atoms with E-state index in [4.69, 9.17) is 28.3 Å². The number of likely N-dealkylation sites (tertiary alicyclic amines) is 1. The van der Waals surface area contributed by atoms with Crippen LogP contribution in [-0.4, -0.2) is 122 Å². The molecule has 0 saturated carbocycles. The highest BCUT2D eigenvalue weighted by molar-refractivity contribution is 7.80. The molecule has 24 heteroatoms. The van der Waals surface area contributed by atoms with Gasteiger partial charge in [-0.15, -0.1) is 20.3 Å². The molecule has 2 aromatic heterocycles. The van der Waals surface area contributed by atoms with E-state index in [1.807, 2.05) is 49.4 Å². The van der Waals surface area contributed by atoms with E-state index in [9.17, 15) is 32.4 Å². The number of hydrogen-bond acceptors (Lipinski definition) is 16. The number of rotatable bonds is 13. The summed E-state index contributed by atoms with van der Waals surface area (Å²) in [6.45, 7) is 18.6. The van der Waals surface area contributed by atoms with Gasteiger partial charge in [0.1, 0.15) is 46.4 Å². The van der Waals surface area contributed by atoms with Crippen LogP contribution < -0.4 is 20.1 Å². The first-order valence-electron chi connectivity index (χ1n) is 19.8. The highest BCUT2D eigenvalue weighted by Crippen LogP contribution is 2.33. The molecule has 2 aliphatic rings. The van der Waals surface area contributed by atoms with Gasteiger partial charge in [0.25, 0.3) is 17.9 Å². The topological polar surface area (TPSA) is 260 Å². The molecule has 0 spiro atoms. The summed E-state index contributed by atoms with van der Waals surface area (Å²) in [6, 6.07) is 3.88. The summed E-state index contributed by atoms with van der Waals surface area (Å²) in [5.74, 6) is -2.64. The summed E-state index contributed by atoms with van der Waals surface area (Å²) in [5, 5.41) is 11.4. The van der Waals surface area contributed by atoms with E-state index in [2.05, 4.69) is 25.1 Å². The smallest absolute Gasteiger partial charge is 0.418 e. The number of carbonyl (C=O) groups excluding carboxylic acids is 5. The zero-order valence-corrected chi connectivity index (χ0v) is 38.8. The van der Waals surface area contributed by atoms with Crippen LogP contribution in [0.15, 0.2) is 34.9 Å². The van der Waals surface area contributed by atoms with Crippen LogP contribution in [0.2, 0.25) is 0 Å². The van der Waals surface area contributed by atoms with Crippen molar-refractivity contribution in [1.82, 2.24) is 24.9 Å². The van der Waals surface area contributed by atoms with Crippen LogP contribution in [0.3, 0.4) is 0 Å². The van der Waals surface area contributed by atoms with Gasteiger partial charge in [-0.25, -0.2) is 19.4 Å². The molecular formula is C39H55N8O14S2+. The maximum absolute atomic E-state index is 13.9. The van der Waals surface area contributed by atoms with Crippen molar-refractivity contribution >= 4 is 73.5 Å². The number of anilines is 1. The standard InChI is InChI=1S/C39H54N8O14S2/c1-36(2,3)57-32(50)27(20-56-24-13-14-26-22(17-24)18-46(44(26)12)23-15-16-45(19-23)35(52)59-38(7,8)9)60-43-28(25-21-62-33(40-25)42-34(51)58-37(4,5)6)30(48)41-29-31(49)47(39(29,10)11)61-63(53,54)55/h13-14,17-18,21,23,27,29H,15-16,19-20H2,1-12H3,(H2-,40,41,42,48,51,53,54,55)/p+1. The van der Waals surface area contributed by atoms with Crippen LogP contribution in [0.25, 0.3) is 10.9 Å². The number of aryl methyl sites for hydroxylation is 1. The summed E-state index contributed by atoms with van der Waals surface area (Å²) in [5.41, 5.74) is -3.80. The van der Waals surface area contributed by atoms with Gasteiger partial charge >= 0.3 is 28.6 Å². The number of hydroxylamine groups is 2. The lowest BCUT2D eigenvalue weighted by Crippen LogP contribution is -2.76. The molecule has 3 unspecified atom stereocenters. The van der Waals surface area contributed by atoms with Crippen molar-refractivity contribution < 1.29 is 69.7 Å². The number of thiazole rings is 1. The Kier molecular flexibility index (Phi) is 13.8. The van der Waals surface area contributed by atoms with Gasteiger partial charge < -0.3 is 34.0 Å². The minimum atomic E-state index is -5.09. The molecular weight excluding hydrogens is 869 g/mol. The number of β-lactam (4-membered cyclic amide) rings is 1. The number of nitrogens with one attached hydrogen (secondary N) is 2. The predicted molar refractivity (Wildman–Crippen MR) is 225 cm³/mol. The second-order valence-corrected chi connectivity index (χ2v) is 20.2. The van der Waals surface area contributed by atoms with Gasteiger partial charge in [-0.05, 0) is 94.4 Å². The summed E-state index contributed by atoms with van der Waals surface area (Å²) >= 11 is 0.894. The van der Waals surface area contributed by atoms with Gasteiger partial charge in [0.05, 0.1) is 24.5 Å². The molecule has 2 saturated heterocycles. The van der Waals surface area contributed by atoms with Gasteiger partial charge in [0.15, 0.2) is 10.8 Å². The van der Waals surface area contributed by atoms with Gasteiger partial charge in [-0.2, -0.15) is 18.2 Å². The Balaban J connectivity index is 1.39. The molecule has 3 N–H and O–H groups in total. The summed E-state index contributed by atoms with van der Waals surface area (Å²) in [4.78, 5) is 77.2. The molecule has 2 fully saturated rings. The first kappa shape index (κ1) is 48.4. The number of hydrogen-bond donors (Lipinski definition) is 3. The van der Waals surface area contributed by atoms with Crippen molar-refractivity contribution in [2.45, 2.75) is 123 Å². The van der Waals surface area contributed by atoms with Crippen molar-refractivity contribution in [3.05, 3.63) is 35.5 Å². The summed E-state index contributed by atoms with van der Waals surface area (Å²) in [6.07, 6.45) is -0.144. The average Bonchev–Trinajstić information content (AvgIpc) is 3.87. The minimum Gasteiger partial charge on any atom is -0.489 e. The van der Waals surface area contributed by atoms with E-state index in [-0.39, 0.29) is 23.0 Å². The van der Waals surface area contributed by atoms with Crippen molar-refractivity contribution in [2.24, 2.45) is 12.2 Å². The lowest BCUT2D eigenvalue weighted by atomic mass is 9.84. The van der Waals surface area contributed by atoms with Crippen molar-refractivity contribution in [2.75, 3.05) is 25.0 Å². The number of nitrogens with zero attached hydrogens (tertiary/aromatic N) is 6.